The third-order valence-electron chi connectivity index (χ3n) is 9.46. The number of nitrogens with one attached hydrogen (secondary N) is 3. The molecule has 3 saturated heterocycles. The lowest BCUT2D eigenvalue weighted by atomic mass is 10.0. The summed E-state index contributed by atoms with van der Waals surface area (Å²) < 4.78 is 33.8. The zero-order valence-corrected chi connectivity index (χ0v) is 29.7. The predicted molar refractivity (Wildman–Crippen MR) is 184 cm³/mol. The van der Waals surface area contributed by atoms with E-state index in [-0.39, 0.29) is 31.5 Å². The van der Waals surface area contributed by atoms with Crippen LogP contribution in [0.3, 0.4) is 0 Å². The molecule has 4 N–H and O–H groups in total. The number of aliphatic hydroxyl groups excluding tert-OH is 1. The number of nitrogens with zero attached hydrogens (tertiary/aromatic N) is 3. The van der Waals surface area contributed by atoms with E-state index in [0.717, 1.165) is 17.0 Å². The number of halogens is 2. The molecule has 6 atom stereocenters. The van der Waals surface area contributed by atoms with Gasteiger partial charge in [0, 0.05) is 32.6 Å². The molecule has 1 aromatic rings. The fourth-order valence-corrected chi connectivity index (χ4v) is 6.66. The highest BCUT2D eigenvalue weighted by Crippen LogP contribution is 2.23. The summed E-state index contributed by atoms with van der Waals surface area (Å²) in [5.74, 6) is -7.34. The van der Waals surface area contributed by atoms with Crippen molar-refractivity contribution < 1.29 is 52.2 Å². The number of hydrogen-bond donors (Lipinski definition) is 4. The van der Waals surface area contributed by atoms with Crippen LogP contribution in [0.2, 0.25) is 0 Å². The van der Waals surface area contributed by atoms with Gasteiger partial charge in [0.25, 0.3) is 0 Å². The molecule has 3 aliphatic heterocycles. The van der Waals surface area contributed by atoms with Crippen LogP contribution in [0.4, 0.5) is 8.78 Å². The van der Waals surface area contributed by atoms with Gasteiger partial charge >= 0.3 is 5.97 Å². The molecule has 288 valence electrons. The zero-order chi connectivity index (χ0) is 38.8. The number of esters is 1. The highest BCUT2D eigenvalue weighted by atomic mass is 19.1. The molecule has 0 aliphatic carbocycles. The van der Waals surface area contributed by atoms with Gasteiger partial charge in [0.2, 0.25) is 35.4 Å². The third kappa shape index (κ3) is 10.2. The number of rotatable bonds is 10. The maximum absolute atomic E-state index is 14.2. The maximum atomic E-state index is 14.2. The Bertz CT molecular complexity index is 1600. The summed E-state index contributed by atoms with van der Waals surface area (Å²) in [6.45, 7) is 3.73. The number of cyclic esters (lactones) is 1. The smallest absolute Gasteiger partial charge is 0.328 e. The number of likely N-dealkylation sites (N-methyl/N-ethyl adjacent to an activating group) is 1. The Morgan fingerprint density at radius 2 is 1.64 bits per heavy atom. The van der Waals surface area contributed by atoms with Crippen LogP contribution >= 0.6 is 0 Å². The largest absolute Gasteiger partial charge is 0.461 e. The van der Waals surface area contributed by atoms with E-state index in [1.807, 2.05) is 0 Å². The van der Waals surface area contributed by atoms with Crippen molar-refractivity contribution in [3.05, 3.63) is 60.2 Å². The highest BCUT2D eigenvalue weighted by molar-refractivity contribution is 5.98. The van der Waals surface area contributed by atoms with Gasteiger partial charge < -0.3 is 40.5 Å². The molecule has 15 nitrogen and oxygen atoms in total. The number of ether oxygens (including phenoxy) is 1. The second kappa shape index (κ2) is 18.5. The Labute approximate surface area is 305 Å². The summed E-state index contributed by atoms with van der Waals surface area (Å²) in [4.78, 5) is 98.1. The van der Waals surface area contributed by atoms with Gasteiger partial charge in [-0.15, -0.1) is 6.58 Å². The van der Waals surface area contributed by atoms with Gasteiger partial charge in [0.1, 0.15) is 54.5 Å². The van der Waals surface area contributed by atoms with Crippen molar-refractivity contribution in [1.82, 2.24) is 30.7 Å². The van der Waals surface area contributed by atoms with Gasteiger partial charge in [-0.3, -0.25) is 28.8 Å². The topological polar surface area (TPSA) is 195 Å². The van der Waals surface area contributed by atoms with Gasteiger partial charge in [0.15, 0.2) is 0 Å². The quantitative estimate of drug-likeness (QED) is 0.109. The van der Waals surface area contributed by atoms with Crippen LogP contribution in [-0.4, -0.2) is 131 Å². The van der Waals surface area contributed by atoms with E-state index in [2.05, 4.69) is 22.5 Å². The van der Waals surface area contributed by atoms with E-state index in [9.17, 15) is 47.4 Å². The second-order valence-corrected chi connectivity index (χ2v) is 13.3. The van der Waals surface area contributed by atoms with Gasteiger partial charge in [-0.25, -0.2) is 13.6 Å². The van der Waals surface area contributed by atoms with Crippen molar-refractivity contribution in [2.24, 2.45) is 0 Å². The predicted octanol–water partition coefficient (Wildman–Crippen LogP) is -0.138. The molecule has 0 bridgehead atoms. The molecule has 0 aromatic heterocycles. The van der Waals surface area contributed by atoms with E-state index >= 15 is 0 Å². The van der Waals surface area contributed by atoms with E-state index in [4.69, 9.17) is 4.74 Å². The van der Waals surface area contributed by atoms with Crippen LogP contribution in [0, 0.1) is 11.6 Å². The lowest BCUT2D eigenvalue weighted by Gasteiger charge is -2.35. The number of fused-ring (bicyclic) bond motifs is 2. The molecule has 0 unspecified atom stereocenters. The van der Waals surface area contributed by atoms with E-state index in [1.165, 1.54) is 29.8 Å². The van der Waals surface area contributed by atoms with Gasteiger partial charge in [-0.1, -0.05) is 12.2 Å². The Morgan fingerprint density at radius 1 is 1.00 bits per heavy atom. The van der Waals surface area contributed by atoms with Crippen molar-refractivity contribution in [2.75, 3.05) is 33.4 Å². The van der Waals surface area contributed by atoms with Crippen molar-refractivity contribution in [1.29, 1.82) is 0 Å². The van der Waals surface area contributed by atoms with E-state index in [0.29, 0.717) is 31.7 Å². The molecule has 53 heavy (non-hydrogen) atoms. The fraction of sp³-hybridized carbons (Fsp3) is 0.528. The molecular weight excluding hydrogens is 698 g/mol. The summed E-state index contributed by atoms with van der Waals surface area (Å²) in [5, 5.41) is 17.6. The summed E-state index contributed by atoms with van der Waals surface area (Å²) in [6.07, 6.45) is 6.21. The minimum absolute atomic E-state index is 0.0188. The lowest BCUT2D eigenvalue weighted by molar-refractivity contribution is -0.158. The summed E-state index contributed by atoms with van der Waals surface area (Å²) in [6, 6.07) is -5.23. The van der Waals surface area contributed by atoms with Crippen molar-refractivity contribution in [3.63, 3.8) is 0 Å². The molecule has 17 heteroatoms. The number of aliphatic hydroxyl groups is 1. The standard InChI is InChI=1S/C36H46F2N6O9/c1-4-5-6-7-12-30(46)40-25(17-22-15-23(37)18-24(38)16-22)31(47)41-26-20-53-36(52)28-11-9-14-44(28)33(49)21(2)39-32(48)29(19-45)42(3)35(51)27-10-8-13-43(27)34(26)50/h4,7,12,15-16,18,21,25-29,45H,1,5-6,8-11,13-14,17,19-20H2,2-3H3,(H,39,48)(H,40,46)(H,41,47)/b12-7+/t21-,25-,26-,27-,28-,29-/m0/s1. The summed E-state index contributed by atoms with van der Waals surface area (Å²) in [5.41, 5.74) is 0.0188. The van der Waals surface area contributed by atoms with Crippen LogP contribution in [0.25, 0.3) is 0 Å². The minimum atomic E-state index is -1.62. The monoisotopic (exact) mass is 744 g/mol. The SMILES string of the molecule is C=CCC/C=C/C(=O)N[C@@H](Cc1cc(F)cc(F)c1)C(=O)N[C@H]1COC(=O)[C@@H]2CCCN2C(=O)[C@H](C)NC(=O)[C@H](CO)N(C)C(=O)[C@@H]2CCCN2C1=O. The van der Waals surface area contributed by atoms with Gasteiger partial charge in [0.05, 0.1) is 6.61 Å². The molecule has 3 fully saturated rings. The van der Waals surface area contributed by atoms with Crippen molar-refractivity contribution in [2.45, 2.75) is 88.1 Å². The molecule has 0 radical (unpaired) electrons. The second-order valence-electron chi connectivity index (χ2n) is 13.3. The molecular formula is C36H46F2N6O9. The summed E-state index contributed by atoms with van der Waals surface area (Å²) >= 11 is 0. The first-order valence-electron chi connectivity index (χ1n) is 17.5. The third-order valence-corrected chi connectivity index (χ3v) is 9.46. The zero-order valence-electron chi connectivity index (χ0n) is 29.7. The maximum Gasteiger partial charge on any atom is 0.328 e. The van der Waals surface area contributed by atoms with E-state index in [1.54, 1.807) is 12.2 Å². The van der Waals surface area contributed by atoms with Crippen LogP contribution < -0.4 is 16.0 Å². The molecule has 1 aromatic carbocycles. The van der Waals surface area contributed by atoms with E-state index < -0.39 is 109 Å². The Kier molecular flexibility index (Phi) is 14.2. The first-order valence-corrected chi connectivity index (χ1v) is 17.5. The van der Waals surface area contributed by atoms with Crippen LogP contribution in [0.5, 0.6) is 0 Å². The van der Waals surface area contributed by atoms with Crippen LogP contribution in [-0.2, 0) is 44.7 Å². The summed E-state index contributed by atoms with van der Waals surface area (Å²) in [7, 11) is 1.28. The average molecular weight is 745 g/mol. The lowest BCUT2D eigenvalue weighted by Crippen LogP contribution is -2.61. The number of carbonyl (C=O) groups is 7. The molecule has 0 spiro atoms. The van der Waals surface area contributed by atoms with Gasteiger partial charge in [-0.2, -0.15) is 0 Å². The molecule has 3 heterocycles. The Balaban J connectivity index is 1.68. The molecule has 6 amide bonds. The number of benzene rings is 1. The number of unbranched alkanes of at least 4 members (excludes halogenated alkanes) is 1. The number of amides is 6. The van der Waals surface area contributed by atoms with Crippen LogP contribution in [0.15, 0.2) is 43.0 Å². The molecule has 0 saturated carbocycles. The average Bonchev–Trinajstić information content (AvgIpc) is 3.81. The van der Waals surface area contributed by atoms with Gasteiger partial charge in [-0.05, 0) is 69.2 Å². The fourth-order valence-electron chi connectivity index (χ4n) is 6.66. The first-order chi connectivity index (χ1) is 25.2. The van der Waals surface area contributed by atoms with Crippen LogP contribution in [0.1, 0.15) is 51.0 Å². The Hall–Kier alpha value is -5.19. The van der Waals surface area contributed by atoms with Crippen molar-refractivity contribution >= 4 is 41.4 Å². The minimum Gasteiger partial charge on any atom is -0.461 e. The highest BCUT2D eigenvalue weighted by Gasteiger charge is 2.44. The number of carbonyl (C=O) groups excluding carboxylic acids is 7. The Morgan fingerprint density at radius 3 is 2.28 bits per heavy atom. The molecule has 3 aliphatic rings. The number of allylic oxidation sites excluding steroid dienone is 2. The molecule has 4 rings (SSSR count). The normalized spacial score (nSPS) is 25.1. The van der Waals surface area contributed by atoms with Crippen molar-refractivity contribution in [3.8, 4) is 0 Å². The first kappa shape index (κ1) is 40.6. The number of hydrogen-bond acceptors (Lipinski definition) is 9.